The van der Waals surface area contributed by atoms with Gasteiger partial charge in [0.1, 0.15) is 0 Å². The maximum absolute atomic E-state index is 12.8. The average molecular weight is 438 g/mol. The Morgan fingerprint density at radius 1 is 1.17 bits per heavy atom. The number of rotatable bonds is 9. The average Bonchev–Trinajstić information content (AvgIpc) is 3.38. The lowest BCUT2D eigenvalue weighted by molar-refractivity contribution is -0.121. The molecule has 4 rings (SSSR count). The maximum Gasteiger partial charge on any atom is 0.226 e. The topological polar surface area (TPSA) is 72.2 Å². The van der Waals surface area contributed by atoms with E-state index in [4.69, 9.17) is 0 Å². The largest absolute Gasteiger partial charge is 0.346 e. The number of carbonyl (C=O) groups is 1. The van der Waals surface area contributed by atoms with Gasteiger partial charge in [0.15, 0.2) is 11.5 Å². The van der Waals surface area contributed by atoms with Crippen molar-refractivity contribution in [2.75, 3.05) is 12.0 Å². The summed E-state index contributed by atoms with van der Waals surface area (Å²) in [6.45, 7) is 0. The number of nitrogens with zero attached hydrogens (tertiary/aromatic N) is 4. The molecule has 0 aliphatic carbocycles. The zero-order valence-corrected chi connectivity index (χ0v) is 18.3. The van der Waals surface area contributed by atoms with Gasteiger partial charge in [0.25, 0.3) is 0 Å². The number of amides is 1. The molecule has 3 heterocycles. The number of nitrogens with one attached hydrogen (secondary N) is 1. The summed E-state index contributed by atoms with van der Waals surface area (Å²) in [5, 5.41) is 14.7. The first-order valence-electron chi connectivity index (χ1n) is 9.78. The van der Waals surface area contributed by atoms with Gasteiger partial charge in [-0.3, -0.25) is 9.20 Å². The third kappa shape index (κ3) is 5.06. The number of hydrogen-bond acceptors (Lipinski definition) is 6. The van der Waals surface area contributed by atoms with Gasteiger partial charge in [-0.15, -0.1) is 21.5 Å². The Kier molecular flexibility index (Phi) is 6.76. The van der Waals surface area contributed by atoms with Crippen LogP contribution in [0.25, 0.3) is 5.65 Å². The molecule has 6 nitrogen and oxygen atoms in total. The van der Waals surface area contributed by atoms with Crippen LogP contribution >= 0.6 is 23.1 Å². The van der Waals surface area contributed by atoms with E-state index >= 15 is 0 Å². The zero-order valence-electron chi connectivity index (χ0n) is 16.7. The van der Waals surface area contributed by atoms with Crippen LogP contribution in [0.4, 0.5) is 0 Å². The molecule has 0 saturated carbocycles. The Labute approximate surface area is 183 Å². The molecule has 1 amide bonds. The predicted octanol–water partition coefficient (Wildman–Crippen LogP) is 3.93. The number of aromatic nitrogens is 4. The van der Waals surface area contributed by atoms with Crippen molar-refractivity contribution in [1.82, 2.24) is 24.9 Å². The standard InChI is InChI=1S/C22H23N5OS2/c1-29-12-10-18(22-26-25-19-9-5-6-11-27(19)22)24-20(28)14-17-15-30-21(23-17)13-16-7-3-2-4-8-16/h2-9,11,15,18H,10,12-14H2,1H3,(H,24,28). The molecule has 0 bridgehead atoms. The summed E-state index contributed by atoms with van der Waals surface area (Å²) in [6.07, 6.45) is 5.83. The summed E-state index contributed by atoms with van der Waals surface area (Å²) in [7, 11) is 0. The molecule has 0 fully saturated rings. The molecule has 0 aliphatic rings. The number of fused-ring (bicyclic) bond motifs is 1. The van der Waals surface area contributed by atoms with Crippen LogP contribution in [0, 0.1) is 0 Å². The van der Waals surface area contributed by atoms with E-state index < -0.39 is 0 Å². The zero-order chi connectivity index (χ0) is 20.8. The summed E-state index contributed by atoms with van der Waals surface area (Å²) < 4.78 is 1.94. The summed E-state index contributed by atoms with van der Waals surface area (Å²) in [6, 6.07) is 15.8. The Morgan fingerprint density at radius 2 is 2.00 bits per heavy atom. The number of carbonyl (C=O) groups excluding carboxylic acids is 1. The number of hydrogen-bond donors (Lipinski definition) is 1. The molecular weight excluding hydrogens is 414 g/mol. The fourth-order valence-corrected chi connectivity index (χ4v) is 4.59. The van der Waals surface area contributed by atoms with Crippen LogP contribution in [0.1, 0.15) is 34.6 Å². The summed E-state index contributed by atoms with van der Waals surface area (Å²) in [4.78, 5) is 17.4. The third-order valence-corrected chi connectivity index (χ3v) is 6.28. The first-order valence-corrected chi connectivity index (χ1v) is 12.1. The van der Waals surface area contributed by atoms with Gasteiger partial charge in [-0.2, -0.15) is 11.8 Å². The lowest BCUT2D eigenvalue weighted by Crippen LogP contribution is -2.31. The Hall–Kier alpha value is -2.71. The molecule has 4 aromatic rings. The second-order valence-electron chi connectivity index (χ2n) is 6.96. The fourth-order valence-electron chi connectivity index (χ4n) is 3.29. The SMILES string of the molecule is CSCCC(NC(=O)Cc1csc(Cc2ccccc2)n1)c1nnc2ccccn12. The molecule has 154 valence electrons. The van der Waals surface area contributed by atoms with E-state index in [-0.39, 0.29) is 18.4 Å². The molecule has 1 atom stereocenters. The van der Waals surface area contributed by atoms with Crippen molar-refractivity contribution in [1.29, 1.82) is 0 Å². The van der Waals surface area contributed by atoms with Crippen LogP contribution < -0.4 is 5.32 Å². The van der Waals surface area contributed by atoms with Gasteiger partial charge in [0.2, 0.25) is 5.91 Å². The Bertz CT molecular complexity index is 1110. The highest BCUT2D eigenvalue weighted by Crippen LogP contribution is 2.19. The van der Waals surface area contributed by atoms with Crippen molar-refractivity contribution in [3.8, 4) is 0 Å². The van der Waals surface area contributed by atoms with Crippen molar-refractivity contribution in [3.63, 3.8) is 0 Å². The Balaban J connectivity index is 1.43. The lowest BCUT2D eigenvalue weighted by Gasteiger charge is -2.16. The highest BCUT2D eigenvalue weighted by atomic mass is 32.2. The first-order chi connectivity index (χ1) is 14.7. The van der Waals surface area contributed by atoms with Gasteiger partial charge in [-0.25, -0.2) is 4.98 Å². The quantitative estimate of drug-likeness (QED) is 0.430. The molecule has 0 saturated heterocycles. The van der Waals surface area contributed by atoms with Gasteiger partial charge >= 0.3 is 0 Å². The van der Waals surface area contributed by atoms with Gasteiger partial charge in [-0.05, 0) is 36.1 Å². The normalized spacial score (nSPS) is 12.2. The molecule has 1 aromatic carbocycles. The van der Waals surface area contributed by atoms with Gasteiger partial charge in [-0.1, -0.05) is 36.4 Å². The lowest BCUT2D eigenvalue weighted by atomic mass is 10.2. The van der Waals surface area contributed by atoms with Crippen LogP contribution in [-0.4, -0.2) is 37.5 Å². The first kappa shape index (κ1) is 20.6. The van der Waals surface area contributed by atoms with Crippen molar-refractivity contribution in [2.45, 2.75) is 25.3 Å². The van der Waals surface area contributed by atoms with Crippen LogP contribution in [-0.2, 0) is 17.6 Å². The molecule has 3 aromatic heterocycles. The molecule has 0 radical (unpaired) electrons. The monoisotopic (exact) mass is 437 g/mol. The van der Waals surface area contributed by atoms with Crippen molar-refractivity contribution >= 4 is 34.7 Å². The maximum atomic E-state index is 12.8. The molecular formula is C22H23N5OS2. The van der Waals surface area contributed by atoms with Crippen LogP contribution in [0.15, 0.2) is 60.1 Å². The van der Waals surface area contributed by atoms with E-state index in [0.29, 0.717) is 0 Å². The number of thioether (sulfide) groups is 1. The van der Waals surface area contributed by atoms with E-state index in [0.717, 1.165) is 40.8 Å². The van der Waals surface area contributed by atoms with Crippen LogP contribution in [0.2, 0.25) is 0 Å². The predicted molar refractivity (Wildman–Crippen MR) is 122 cm³/mol. The van der Waals surface area contributed by atoms with Crippen LogP contribution in [0.5, 0.6) is 0 Å². The Morgan fingerprint density at radius 3 is 2.83 bits per heavy atom. The number of benzene rings is 1. The molecule has 0 spiro atoms. The molecule has 8 heteroatoms. The summed E-state index contributed by atoms with van der Waals surface area (Å²) in [5.41, 5.74) is 2.80. The van der Waals surface area contributed by atoms with E-state index in [9.17, 15) is 4.79 Å². The minimum absolute atomic E-state index is 0.0506. The van der Waals surface area contributed by atoms with Gasteiger partial charge in [0.05, 0.1) is 23.2 Å². The fraction of sp³-hybridized carbons (Fsp3) is 0.273. The van der Waals surface area contributed by atoms with Gasteiger partial charge in [0, 0.05) is 18.0 Å². The highest BCUT2D eigenvalue weighted by Gasteiger charge is 2.20. The van der Waals surface area contributed by atoms with E-state index in [1.54, 1.807) is 23.1 Å². The minimum atomic E-state index is -0.190. The third-order valence-electron chi connectivity index (χ3n) is 4.74. The second kappa shape index (κ2) is 9.86. The van der Waals surface area contributed by atoms with Gasteiger partial charge < -0.3 is 5.32 Å². The van der Waals surface area contributed by atoms with Crippen molar-refractivity contribution in [3.05, 3.63) is 82.2 Å². The molecule has 1 N–H and O–H groups in total. The summed E-state index contributed by atoms with van der Waals surface area (Å²) in [5.74, 6) is 1.63. The van der Waals surface area contributed by atoms with E-state index in [2.05, 4.69) is 38.9 Å². The number of pyridine rings is 1. The second-order valence-corrected chi connectivity index (χ2v) is 8.89. The smallest absolute Gasteiger partial charge is 0.226 e. The van der Waals surface area contributed by atoms with Crippen LogP contribution in [0.3, 0.4) is 0 Å². The van der Waals surface area contributed by atoms with Crippen molar-refractivity contribution < 1.29 is 4.79 Å². The molecule has 0 aliphatic heterocycles. The van der Waals surface area contributed by atoms with E-state index in [1.165, 1.54) is 5.56 Å². The summed E-state index contributed by atoms with van der Waals surface area (Å²) >= 11 is 3.35. The highest BCUT2D eigenvalue weighted by molar-refractivity contribution is 7.98. The molecule has 1 unspecified atom stereocenters. The van der Waals surface area contributed by atoms with E-state index in [1.807, 2.05) is 52.4 Å². The molecule has 30 heavy (non-hydrogen) atoms. The number of thiazole rings is 1. The van der Waals surface area contributed by atoms with Crippen molar-refractivity contribution in [2.24, 2.45) is 0 Å². The minimum Gasteiger partial charge on any atom is -0.346 e.